The monoisotopic (exact) mass is 369 g/mol. The molecule has 2 heterocycles. The molecule has 0 aliphatic carbocycles. The fourth-order valence-electron chi connectivity index (χ4n) is 3.45. The number of halogens is 1. The average Bonchev–Trinajstić information content (AvgIpc) is 2.62. The molecular weight excluding hydrogens is 350 g/mol. The van der Waals surface area contributed by atoms with Crippen LogP contribution in [0.2, 0.25) is 5.02 Å². The number of nitrogens with two attached hydrogens (primary N) is 1. The highest BCUT2D eigenvalue weighted by atomic mass is 35.5. The Morgan fingerprint density at radius 3 is 2.69 bits per heavy atom. The summed E-state index contributed by atoms with van der Waals surface area (Å²) in [5.74, 6) is -0.219. The van der Waals surface area contributed by atoms with Gasteiger partial charge in [-0.2, -0.15) is 5.26 Å². The Morgan fingerprint density at radius 2 is 2.08 bits per heavy atom. The number of allylic oxidation sites excluding steroid dienone is 1. The van der Waals surface area contributed by atoms with E-state index in [0.29, 0.717) is 28.4 Å². The van der Waals surface area contributed by atoms with Gasteiger partial charge < -0.3 is 15.0 Å². The Balaban J connectivity index is 2.35. The highest BCUT2D eigenvalue weighted by Crippen LogP contribution is 2.42. The Kier molecular flexibility index (Phi) is 5.06. The predicted octanol–water partition coefficient (Wildman–Crippen LogP) is 3.69. The van der Waals surface area contributed by atoms with Gasteiger partial charge in [0.25, 0.3) is 5.56 Å². The van der Waals surface area contributed by atoms with Gasteiger partial charge in [0.05, 0.1) is 11.5 Å². The molecule has 0 saturated heterocycles. The van der Waals surface area contributed by atoms with Crippen LogP contribution in [0.25, 0.3) is 0 Å². The highest BCUT2D eigenvalue weighted by Gasteiger charge is 2.35. The van der Waals surface area contributed by atoms with Crippen molar-refractivity contribution in [1.29, 1.82) is 5.26 Å². The number of nitrogens with zero attached hydrogens (tertiary/aromatic N) is 2. The van der Waals surface area contributed by atoms with E-state index in [1.165, 1.54) is 0 Å². The van der Waals surface area contributed by atoms with Crippen molar-refractivity contribution in [3.05, 3.63) is 74.0 Å². The molecule has 0 fully saturated rings. The second kappa shape index (κ2) is 7.27. The molecule has 1 aliphatic rings. The topological polar surface area (TPSA) is 81.0 Å². The van der Waals surface area contributed by atoms with Crippen LogP contribution in [-0.2, 0) is 13.0 Å². The summed E-state index contributed by atoms with van der Waals surface area (Å²) in [5, 5.41) is 10.1. The predicted molar refractivity (Wildman–Crippen MR) is 101 cm³/mol. The van der Waals surface area contributed by atoms with E-state index in [1.807, 2.05) is 25.1 Å². The third-order valence-electron chi connectivity index (χ3n) is 4.61. The average molecular weight is 370 g/mol. The lowest BCUT2D eigenvalue weighted by molar-refractivity contribution is 0.388. The second-order valence-corrected chi connectivity index (χ2v) is 6.57. The fraction of sp³-hybridized carbons (Fsp3) is 0.300. The number of aromatic nitrogens is 1. The molecule has 26 heavy (non-hydrogen) atoms. The minimum atomic E-state index is -0.640. The molecule has 2 aromatic rings. The molecule has 0 radical (unpaired) electrons. The molecule has 1 aromatic carbocycles. The molecule has 134 valence electrons. The van der Waals surface area contributed by atoms with Gasteiger partial charge in [0.1, 0.15) is 17.4 Å². The molecule has 1 aromatic heterocycles. The van der Waals surface area contributed by atoms with Crippen LogP contribution >= 0.6 is 11.6 Å². The fourth-order valence-corrected chi connectivity index (χ4v) is 3.69. The first-order valence-electron chi connectivity index (χ1n) is 8.62. The maximum Gasteiger partial charge on any atom is 0.258 e. The van der Waals surface area contributed by atoms with Gasteiger partial charge in [-0.1, -0.05) is 43.1 Å². The van der Waals surface area contributed by atoms with E-state index in [9.17, 15) is 10.1 Å². The summed E-state index contributed by atoms with van der Waals surface area (Å²) in [5.41, 5.74) is 8.01. The Labute approximate surface area is 157 Å². The maximum absolute atomic E-state index is 13.3. The van der Waals surface area contributed by atoms with E-state index in [2.05, 4.69) is 13.0 Å². The van der Waals surface area contributed by atoms with Crippen molar-refractivity contribution in [1.82, 2.24) is 4.57 Å². The standard InChI is InChI=1S/C20H20ClN3O2/c1-3-7-12-10-16-18(20(25)24(12)4-2)17(14(11-22)19(23)26-16)13-8-5-6-9-15(13)21/h5-6,8-10,17H,3-4,7,23H2,1-2H3. The van der Waals surface area contributed by atoms with Crippen molar-refractivity contribution in [2.45, 2.75) is 39.2 Å². The molecule has 5 nitrogen and oxygen atoms in total. The number of aryl methyl sites for hydroxylation is 1. The number of ether oxygens (including phenoxy) is 1. The lowest BCUT2D eigenvalue weighted by Gasteiger charge is -2.28. The summed E-state index contributed by atoms with van der Waals surface area (Å²) in [4.78, 5) is 13.3. The van der Waals surface area contributed by atoms with Gasteiger partial charge in [-0.25, -0.2) is 0 Å². The number of rotatable bonds is 4. The molecular formula is C20H20ClN3O2. The van der Waals surface area contributed by atoms with E-state index in [1.54, 1.807) is 16.7 Å². The largest absolute Gasteiger partial charge is 0.440 e. The zero-order valence-corrected chi connectivity index (χ0v) is 15.5. The van der Waals surface area contributed by atoms with Gasteiger partial charge in [0.15, 0.2) is 0 Å². The molecule has 1 atom stereocenters. The van der Waals surface area contributed by atoms with Crippen LogP contribution in [-0.4, -0.2) is 4.57 Å². The smallest absolute Gasteiger partial charge is 0.258 e. The highest BCUT2D eigenvalue weighted by molar-refractivity contribution is 6.31. The van der Waals surface area contributed by atoms with Crippen molar-refractivity contribution >= 4 is 11.6 Å². The van der Waals surface area contributed by atoms with E-state index < -0.39 is 5.92 Å². The van der Waals surface area contributed by atoms with E-state index in [-0.39, 0.29) is 17.0 Å². The third kappa shape index (κ3) is 2.87. The van der Waals surface area contributed by atoms with Gasteiger partial charge in [-0.05, 0) is 25.0 Å². The molecule has 0 amide bonds. The van der Waals surface area contributed by atoms with Crippen LogP contribution in [0.5, 0.6) is 5.75 Å². The van der Waals surface area contributed by atoms with Crippen LogP contribution in [0.4, 0.5) is 0 Å². The third-order valence-corrected chi connectivity index (χ3v) is 4.95. The summed E-state index contributed by atoms with van der Waals surface area (Å²) in [7, 11) is 0. The molecule has 1 aliphatic heterocycles. The quantitative estimate of drug-likeness (QED) is 0.891. The number of hydrogen-bond donors (Lipinski definition) is 1. The van der Waals surface area contributed by atoms with Gasteiger partial charge >= 0.3 is 0 Å². The molecule has 0 saturated carbocycles. The molecule has 1 unspecified atom stereocenters. The van der Waals surface area contributed by atoms with Crippen LogP contribution in [0.15, 0.2) is 46.6 Å². The normalized spacial score (nSPS) is 16.0. The first-order chi connectivity index (χ1) is 12.5. The number of pyridine rings is 1. The van der Waals surface area contributed by atoms with Crippen LogP contribution in [0.3, 0.4) is 0 Å². The van der Waals surface area contributed by atoms with Crippen LogP contribution < -0.4 is 16.0 Å². The van der Waals surface area contributed by atoms with E-state index in [0.717, 1.165) is 18.5 Å². The second-order valence-electron chi connectivity index (χ2n) is 6.16. The maximum atomic E-state index is 13.3. The van der Waals surface area contributed by atoms with Crippen LogP contribution in [0.1, 0.15) is 43.0 Å². The van der Waals surface area contributed by atoms with Crippen LogP contribution in [0, 0.1) is 11.3 Å². The summed E-state index contributed by atoms with van der Waals surface area (Å²) in [6.07, 6.45) is 1.66. The van der Waals surface area contributed by atoms with Gasteiger partial charge in [0.2, 0.25) is 5.88 Å². The summed E-state index contributed by atoms with van der Waals surface area (Å²) in [6.45, 7) is 4.52. The minimum absolute atomic E-state index is 0.0148. The Hall–Kier alpha value is -2.71. The summed E-state index contributed by atoms with van der Waals surface area (Å²) >= 11 is 6.38. The lowest BCUT2D eigenvalue weighted by Crippen LogP contribution is -2.33. The molecule has 6 heteroatoms. The number of fused-ring (bicyclic) bond motifs is 1. The Morgan fingerprint density at radius 1 is 1.35 bits per heavy atom. The zero-order chi connectivity index (χ0) is 18.8. The van der Waals surface area contributed by atoms with Gasteiger partial charge in [-0.15, -0.1) is 0 Å². The Bertz CT molecular complexity index is 986. The minimum Gasteiger partial charge on any atom is -0.440 e. The first kappa shape index (κ1) is 18.1. The lowest BCUT2D eigenvalue weighted by atomic mass is 9.84. The molecule has 3 rings (SSSR count). The number of benzene rings is 1. The van der Waals surface area contributed by atoms with E-state index in [4.69, 9.17) is 22.1 Å². The van der Waals surface area contributed by atoms with Crippen molar-refractivity contribution < 1.29 is 4.74 Å². The zero-order valence-electron chi connectivity index (χ0n) is 14.8. The van der Waals surface area contributed by atoms with Crippen molar-refractivity contribution in [2.24, 2.45) is 5.73 Å². The molecule has 0 spiro atoms. The molecule has 0 bridgehead atoms. The summed E-state index contributed by atoms with van der Waals surface area (Å²) < 4.78 is 7.40. The van der Waals surface area contributed by atoms with Crippen molar-refractivity contribution in [3.8, 4) is 11.8 Å². The SMILES string of the molecule is CCCc1cc2c(c(=O)n1CC)C(c1ccccc1Cl)C(C#N)=C(N)O2. The molecule has 2 N–H and O–H groups in total. The van der Waals surface area contributed by atoms with Gasteiger partial charge in [0, 0.05) is 23.3 Å². The summed E-state index contributed by atoms with van der Waals surface area (Å²) in [6, 6.07) is 11.1. The van der Waals surface area contributed by atoms with Crippen molar-refractivity contribution in [3.63, 3.8) is 0 Å². The van der Waals surface area contributed by atoms with Crippen molar-refractivity contribution in [2.75, 3.05) is 0 Å². The van der Waals surface area contributed by atoms with E-state index >= 15 is 0 Å². The first-order valence-corrected chi connectivity index (χ1v) is 8.99. The van der Waals surface area contributed by atoms with Gasteiger partial charge in [-0.3, -0.25) is 4.79 Å². The number of nitriles is 1. The number of hydrogen-bond acceptors (Lipinski definition) is 4.